The molecule has 0 aromatic rings. The van der Waals surface area contributed by atoms with E-state index < -0.39 is 11.2 Å². The van der Waals surface area contributed by atoms with Crippen molar-refractivity contribution in [1.29, 1.82) is 0 Å². The normalized spacial score (nSPS) is 67.1. The zero-order valence-corrected chi connectivity index (χ0v) is 12.1. The summed E-state index contributed by atoms with van der Waals surface area (Å²) < 4.78 is 11.2. The third-order valence-electron chi connectivity index (χ3n) is 8.81. The van der Waals surface area contributed by atoms with Gasteiger partial charge in [0.05, 0.1) is 0 Å². The maximum atomic E-state index is 13.0. The van der Waals surface area contributed by atoms with Gasteiger partial charge in [-0.1, -0.05) is 0 Å². The van der Waals surface area contributed by atoms with Crippen LogP contribution in [0.5, 0.6) is 0 Å². The van der Waals surface area contributed by atoms with Crippen LogP contribution in [-0.2, 0) is 19.1 Å². The van der Waals surface area contributed by atoms with Crippen LogP contribution in [0.25, 0.3) is 0 Å². The number of hydrogen-bond donors (Lipinski definition) is 0. The van der Waals surface area contributed by atoms with E-state index in [4.69, 9.17) is 9.47 Å². The molecule has 110 valence electrons. The van der Waals surface area contributed by atoms with Gasteiger partial charge >= 0.3 is 11.9 Å². The van der Waals surface area contributed by atoms with E-state index in [1.165, 1.54) is 6.42 Å². The third kappa shape index (κ3) is 0.687. The van der Waals surface area contributed by atoms with Crippen molar-refractivity contribution in [1.82, 2.24) is 0 Å². The van der Waals surface area contributed by atoms with E-state index in [9.17, 15) is 9.59 Å². The Bertz CT molecular complexity index is 608. The van der Waals surface area contributed by atoms with E-state index in [1.54, 1.807) is 13.8 Å². The molecule has 1 aliphatic heterocycles. The predicted molar refractivity (Wildman–Crippen MR) is 68.2 cm³/mol. The summed E-state index contributed by atoms with van der Waals surface area (Å²) in [6.45, 7) is 3.33. The molecule has 4 nitrogen and oxygen atoms in total. The Kier molecular flexibility index (Phi) is 1.24. The zero-order chi connectivity index (χ0) is 14.0. The first kappa shape index (κ1) is 10.6. The van der Waals surface area contributed by atoms with Gasteiger partial charge in [-0.15, -0.1) is 0 Å². The van der Waals surface area contributed by atoms with E-state index >= 15 is 0 Å². The Morgan fingerprint density at radius 3 is 1.76 bits per heavy atom. The Labute approximate surface area is 122 Å². The lowest BCUT2D eigenvalue weighted by Gasteiger charge is -2.44. The molecule has 0 amide bonds. The standard InChI is InChI=1S/C17H18O4/c1-16(2)20-14(18)17(15(19)21-16)12-8-4-3-5-7-6(4)10(12)11(7)13(17)9(5)8/h4-13H,3H2,1-2H3/t4-,5+,6-,7+,8-,9+,10+,11-,12-,13-/m1/s1. The van der Waals surface area contributed by atoms with Crippen LogP contribution in [0.2, 0.25) is 0 Å². The van der Waals surface area contributed by atoms with Crippen molar-refractivity contribution in [2.24, 2.45) is 64.6 Å². The molecule has 4 heteroatoms. The Hall–Kier alpha value is -1.06. The van der Waals surface area contributed by atoms with Gasteiger partial charge in [-0.2, -0.15) is 0 Å². The van der Waals surface area contributed by atoms with Gasteiger partial charge in [0.1, 0.15) is 0 Å². The van der Waals surface area contributed by atoms with E-state index in [0.29, 0.717) is 23.7 Å². The monoisotopic (exact) mass is 286 g/mol. The van der Waals surface area contributed by atoms with Crippen molar-refractivity contribution in [3.63, 3.8) is 0 Å². The number of hydrogen-bond acceptors (Lipinski definition) is 4. The molecule has 0 aromatic carbocycles. The highest BCUT2D eigenvalue weighted by Gasteiger charge is 2.96. The van der Waals surface area contributed by atoms with Gasteiger partial charge in [0.25, 0.3) is 5.79 Å². The van der Waals surface area contributed by atoms with Crippen LogP contribution in [0.4, 0.5) is 0 Å². The van der Waals surface area contributed by atoms with Crippen LogP contribution >= 0.6 is 0 Å². The lowest BCUT2D eigenvalue weighted by atomic mass is 9.60. The summed E-state index contributed by atoms with van der Waals surface area (Å²) >= 11 is 0. The van der Waals surface area contributed by atoms with E-state index in [2.05, 4.69) is 0 Å². The summed E-state index contributed by atoms with van der Waals surface area (Å²) in [7, 11) is 0. The van der Waals surface area contributed by atoms with Gasteiger partial charge in [-0.05, 0) is 65.6 Å². The molecular weight excluding hydrogens is 268 g/mol. The van der Waals surface area contributed by atoms with Gasteiger partial charge in [-0.3, -0.25) is 9.59 Å². The van der Waals surface area contributed by atoms with Crippen molar-refractivity contribution in [3.8, 4) is 0 Å². The molecule has 8 rings (SSSR count). The number of esters is 2. The zero-order valence-electron chi connectivity index (χ0n) is 12.1. The van der Waals surface area contributed by atoms with Gasteiger partial charge < -0.3 is 9.47 Å². The summed E-state index contributed by atoms with van der Waals surface area (Å²) in [5, 5.41) is 0. The minimum absolute atomic E-state index is 0.249. The largest absolute Gasteiger partial charge is 0.422 e. The molecule has 1 heterocycles. The third-order valence-corrected chi connectivity index (χ3v) is 8.81. The molecule has 7 aliphatic carbocycles. The molecule has 0 radical (unpaired) electrons. The van der Waals surface area contributed by atoms with Crippen LogP contribution in [-0.4, -0.2) is 17.7 Å². The van der Waals surface area contributed by atoms with Crippen LogP contribution in [0.1, 0.15) is 20.3 Å². The first-order valence-corrected chi connectivity index (χ1v) is 8.45. The number of carbonyl (C=O) groups is 2. The average molecular weight is 286 g/mol. The number of ether oxygens (including phenoxy) is 2. The maximum absolute atomic E-state index is 13.0. The fraction of sp³-hybridized carbons (Fsp3) is 0.882. The van der Waals surface area contributed by atoms with Crippen LogP contribution in [0.15, 0.2) is 0 Å². The van der Waals surface area contributed by atoms with E-state index in [0.717, 1.165) is 23.7 Å². The second-order valence-electron chi connectivity index (χ2n) is 9.13. The first-order chi connectivity index (χ1) is 9.98. The molecule has 4 bridgehead atoms. The highest BCUT2D eigenvalue weighted by molar-refractivity contribution is 6.04. The molecule has 0 unspecified atom stereocenters. The van der Waals surface area contributed by atoms with Crippen molar-refractivity contribution in [2.45, 2.75) is 26.1 Å². The minimum Gasteiger partial charge on any atom is -0.422 e. The topological polar surface area (TPSA) is 52.6 Å². The van der Waals surface area contributed by atoms with Crippen molar-refractivity contribution in [2.75, 3.05) is 0 Å². The van der Waals surface area contributed by atoms with Crippen molar-refractivity contribution in [3.05, 3.63) is 0 Å². The van der Waals surface area contributed by atoms with Crippen molar-refractivity contribution < 1.29 is 19.1 Å². The fourth-order valence-corrected chi connectivity index (χ4v) is 9.23. The maximum Gasteiger partial charge on any atom is 0.327 e. The Morgan fingerprint density at radius 1 is 0.810 bits per heavy atom. The summed E-state index contributed by atoms with van der Waals surface area (Å²) in [5.74, 6) is 4.78. The number of rotatable bonds is 0. The Balaban J connectivity index is 1.48. The molecule has 8 fully saturated rings. The summed E-state index contributed by atoms with van der Waals surface area (Å²) in [5.41, 5.74) is -0.906. The second kappa shape index (κ2) is 2.44. The fourth-order valence-electron chi connectivity index (χ4n) is 9.23. The molecular formula is C17H18O4. The summed E-state index contributed by atoms with van der Waals surface area (Å²) in [6.07, 6.45) is 1.39. The molecule has 8 aliphatic rings. The van der Waals surface area contributed by atoms with Gasteiger partial charge in [0, 0.05) is 13.8 Å². The van der Waals surface area contributed by atoms with Crippen LogP contribution in [0, 0.1) is 64.6 Å². The van der Waals surface area contributed by atoms with Gasteiger partial charge in [0.2, 0.25) is 0 Å². The molecule has 10 atom stereocenters. The summed E-state index contributed by atoms with van der Waals surface area (Å²) in [4.78, 5) is 25.9. The molecule has 21 heavy (non-hydrogen) atoms. The van der Waals surface area contributed by atoms with Crippen molar-refractivity contribution >= 4 is 11.9 Å². The molecule has 1 saturated heterocycles. The quantitative estimate of drug-likeness (QED) is 0.499. The first-order valence-electron chi connectivity index (χ1n) is 8.45. The Morgan fingerprint density at radius 2 is 1.29 bits per heavy atom. The SMILES string of the molecule is CC1(C)OC(=O)C2(C(=O)O1)[C@H]1[C@H]3[C@@H]4[C@H]5C[C@H]6[C@@H]4[C@H]3[C@H]2[C@@H]6[C@@H]51. The number of carbonyl (C=O) groups excluding carboxylic acids is 2. The highest BCUT2D eigenvalue weighted by Crippen LogP contribution is 2.94. The minimum atomic E-state index is -1.09. The number of cyclic esters (lactones) is 2. The van der Waals surface area contributed by atoms with Crippen LogP contribution < -0.4 is 0 Å². The van der Waals surface area contributed by atoms with Gasteiger partial charge in [-0.25, -0.2) is 0 Å². The molecule has 7 saturated carbocycles. The lowest BCUT2D eigenvalue weighted by molar-refractivity contribution is -0.255. The summed E-state index contributed by atoms with van der Waals surface area (Å²) in [6, 6.07) is 0. The molecule has 1 spiro atoms. The average Bonchev–Trinajstić information content (AvgIpc) is 2.95. The van der Waals surface area contributed by atoms with Gasteiger partial charge in [0.15, 0.2) is 5.41 Å². The molecule has 0 aromatic heterocycles. The van der Waals surface area contributed by atoms with E-state index in [1.807, 2.05) is 0 Å². The highest BCUT2D eigenvalue weighted by atomic mass is 16.7. The lowest BCUT2D eigenvalue weighted by Crippen LogP contribution is -2.57. The van der Waals surface area contributed by atoms with E-state index in [-0.39, 0.29) is 23.8 Å². The molecule has 0 N–H and O–H groups in total. The predicted octanol–water partition coefficient (Wildman–Crippen LogP) is 1.44. The van der Waals surface area contributed by atoms with Crippen LogP contribution in [0.3, 0.4) is 0 Å². The second-order valence-corrected chi connectivity index (χ2v) is 9.13. The smallest absolute Gasteiger partial charge is 0.327 e.